The predicted molar refractivity (Wildman–Crippen MR) is 95.2 cm³/mol. The maximum atomic E-state index is 12.0. The van der Waals surface area contributed by atoms with Crippen molar-refractivity contribution in [1.29, 1.82) is 0 Å². The Labute approximate surface area is 155 Å². The Bertz CT molecular complexity index is 664. The molecule has 1 N–H and O–H groups in total. The van der Waals surface area contributed by atoms with Gasteiger partial charge in [0, 0.05) is 30.7 Å². The number of esters is 1. The van der Waals surface area contributed by atoms with Crippen LogP contribution >= 0.6 is 0 Å². The second-order valence-electron chi connectivity index (χ2n) is 10.0. The van der Waals surface area contributed by atoms with Gasteiger partial charge in [0.05, 0.1) is 6.10 Å². The van der Waals surface area contributed by atoms with Crippen molar-refractivity contribution in [3.05, 3.63) is 0 Å². The Morgan fingerprint density at radius 2 is 2.00 bits per heavy atom. The van der Waals surface area contributed by atoms with Crippen LogP contribution in [0.25, 0.3) is 0 Å². The van der Waals surface area contributed by atoms with E-state index in [1.54, 1.807) is 0 Å². The quantitative estimate of drug-likeness (QED) is 0.576. The molecule has 2 aliphatic heterocycles. The highest BCUT2D eigenvalue weighted by atomic mass is 16.6. The summed E-state index contributed by atoms with van der Waals surface area (Å²) in [5.41, 5.74) is 0.0783. The van der Waals surface area contributed by atoms with Gasteiger partial charge in [-0.15, -0.1) is 0 Å². The minimum Gasteiger partial charge on any atom is -0.462 e. The van der Waals surface area contributed by atoms with E-state index in [-0.39, 0.29) is 34.5 Å². The number of ether oxygens (including phenoxy) is 2. The predicted octanol–water partition coefficient (Wildman–Crippen LogP) is 2.96. The standard InChI is InChI=1S/C21H31NO4/c1-12(23)25-13-6-8-19(2)15-7-9-20(3)16(4-5-18(24)22-20)14(15)10-17-21(19,11-13)26-17/h13-17H,4-11H2,1-3H3,(H,22,24)/t13-,14+,15-,16-,17?,19+,20-,21?/m0/s1. The summed E-state index contributed by atoms with van der Waals surface area (Å²) in [6.45, 7) is 6.21. The highest BCUT2D eigenvalue weighted by Gasteiger charge is 2.76. The monoisotopic (exact) mass is 361 g/mol. The normalized spacial score (nSPS) is 54.7. The second kappa shape index (κ2) is 5.24. The average molecular weight is 361 g/mol. The molecule has 5 fully saturated rings. The molecule has 5 nitrogen and oxygen atoms in total. The fourth-order valence-corrected chi connectivity index (χ4v) is 7.65. The Morgan fingerprint density at radius 3 is 2.77 bits per heavy atom. The van der Waals surface area contributed by atoms with Crippen LogP contribution in [0.1, 0.15) is 72.1 Å². The van der Waals surface area contributed by atoms with Crippen LogP contribution < -0.4 is 5.32 Å². The van der Waals surface area contributed by atoms with E-state index in [9.17, 15) is 9.59 Å². The lowest BCUT2D eigenvalue weighted by Crippen LogP contribution is -2.65. The van der Waals surface area contributed by atoms with E-state index < -0.39 is 0 Å². The first-order chi connectivity index (χ1) is 12.3. The van der Waals surface area contributed by atoms with Gasteiger partial charge in [0.15, 0.2) is 0 Å². The first-order valence-corrected chi connectivity index (χ1v) is 10.4. The number of amides is 1. The highest BCUT2D eigenvalue weighted by molar-refractivity contribution is 5.77. The van der Waals surface area contributed by atoms with Gasteiger partial charge in [-0.2, -0.15) is 0 Å². The van der Waals surface area contributed by atoms with Gasteiger partial charge in [0.25, 0.3) is 0 Å². The molecule has 8 atom stereocenters. The molecule has 5 rings (SSSR count). The molecule has 2 heterocycles. The third-order valence-corrected chi connectivity index (χ3v) is 8.87. The van der Waals surface area contributed by atoms with E-state index in [2.05, 4.69) is 19.2 Å². The minimum absolute atomic E-state index is 0.0185. The number of fused-ring (bicyclic) bond motifs is 4. The number of carbonyl (C=O) groups is 2. The lowest BCUT2D eigenvalue weighted by atomic mass is 9.45. The number of rotatable bonds is 1. The number of epoxide rings is 1. The zero-order valence-electron chi connectivity index (χ0n) is 16.2. The van der Waals surface area contributed by atoms with Gasteiger partial charge in [0.2, 0.25) is 5.91 Å². The number of nitrogens with one attached hydrogen (secondary N) is 1. The van der Waals surface area contributed by atoms with Crippen molar-refractivity contribution >= 4 is 11.9 Å². The molecule has 0 radical (unpaired) electrons. The van der Waals surface area contributed by atoms with Crippen molar-refractivity contribution in [3.63, 3.8) is 0 Å². The van der Waals surface area contributed by atoms with E-state index in [1.807, 2.05) is 0 Å². The van der Waals surface area contributed by atoms with Gasteiger partial charge in [-0.05, 0) is 63.2 Å². The smallest absolute Gasteiger partial charge is 0.302 e. The summed E-state index contributed by atoms with van der Waals surface area (Å²) in [5, 5.41) is 3.33. The molecule has 2 saturated heterocycles. The van der Waals surface area contributed by atoms with Crippen LogP contribution in [0.15, 0.2) is 0 Å². The Kier molecular flexibility index (Phi) is 3.43. The summed E-state index contributed by atoms with van der Waals surface area (Å²) < 4.78 is 12.0. The summed E-state index contributed by atoms with van der Waals surface area (Å²) in [5.74, 6) is 1.93. The summed E-state index contributed by atoms with van der Waals surface area (Å²) in [4.78, 5) is 23.4. The third-order valence-electron chi connectivity index (χ3n) is 8.87. The molecule has 144 valence electrons. The molecule has 3 saturated carbocycles. The molecule has 0 aromatic rings. The van der Waals surface area contributed by atoms with Crippen LogP contribution in [-0.2, 0) is 19.1 Å². The maximum absolute atomic E-state index is 12.0. The summed E-state index contributed by atoms with van der Waals surface area (Å²) in [6, 6.07) is 0. The minimum atomic E-state index is -0.174. The third kappa shape index (κ3) is 2.12. The van der Waals surface area contributed by atoms with E-state index in [0.717, 1.165) is 38.5 Å². The van der Waals surface area contributed by atoms with Gasteiger partial charge in [-0.1, -0.05) is 6.92 Å². The molecule has 0 aromatic carbocycles. The molecule has 5 heteroatoms. The Hall–Kier alpha value is -1.10. The fourth-order valence-electron chi connectivity index (χ4n) is 7.65. The lowest BCUT2D eigenvalue weighted by Gasteiger charge is -2.60. The number of hydrogen-bond acceptors (Lipinski definition) is 4. The van der Waals surface area contributed by atoms with Crippen molar-refractivity contribution in [2.45, 2.75) is 95.5 Å². The maximum Gasteiger partial charge on any atom is 0.302 e. The van der Waals surface area contributed by atoms with Crippen LogP contribution in [0, 0.1) is 23.2 Å². The van der Waals surface area contributed by atoms with Crippen LogP contribution in [0.3, 0.4) is 0 Å². The lowest BCUT2D eigenvalue weighted by molar-refractivity contribution is -0.158. The van der Waals surface area contributed by atoms with Gasteiger partial charge in [0.1, 0.15) is 11.7 Å². The SMILES string of the molecule is CC(=O)O[C@H]1CC[C@]2(C)[C@H]3CC[C@]4(C)NC(=O)CC[C@H]4[C@@H]3CC3OC32C1. The fraction of sp³-hybridized carbons (Fsp3) is 0.905. The Morgan fingerprint density at radius 1 is 1.19 bits per heavy atom. The van der Waals surface area contributed by atoms with E-state index >= 15 is 0 Å². The van der Waals surface area contributed by atoms with Crippen LogP contribution in [0.2, 0.25) is 0 Å². The molecule has 26 heavy (non-hydrogen) atoms. The van der Waals surface area contributed by atoms with Crippen molar-refractivity contribution in [2.75, 3.05) is 0 Å². The van der Waals surface area contributed by atoms with Crippen molar-refractivity contribution in [2.24, 2.45) is 23.2 Å². The number of piperidine rings is 1. The van der Waals surface area contributed by atoms with Crippen LogP contribution in [0.5, 0.6) is 0 Å². The first-order valence-electron chi connectivity index (χ1n) is 10.4. The van der Waals surface area contributed by atoms with Gasteiger partial charge in [-0.25, -0.2) is 0 Å². The van der Waals surface area contributed by atoms with Crippen LogP contribution in [0.4, 0.5) is 0 Å². The molecule has 0 aromatic heterocycles. The topological polar surface area (TPSA) is 67.9 Å². The zero-order chi connectivity index (χ0) is 18.3. The summed E-state index contributed by atoms with van der Waals surface area (Å²) >= 11 is 0. The summed E-state index contributed by atoms with van der Waals surface area (Å²) in [6.07, 6.45) is 8.30. The molecule has 0 bridgehead atoms. The van der Waals surface area contributed by atoms with E-state index in [0.29, 0.717) is 30.3 Å². The van der Waals surface area contributed by atoms with Gasteiger partial charge >= 0.3 is 5.97 Å². The summed E-state index contributed by atoms with van der Waals surface area (Å²) in [7, 11) is 0. The van der Waals surface area contributed by atoms with E-state index in [1.165, 1.54) is 13.3 Å². The van der Waals surface area contributed by atoms with Gasteiger partial charge < -0.3 is 14.8 Å². The first kappa shape index (κ1) is 17.0. The molecule has 5 aliphatic rings. The average Bonchev–Trinajstić information content (AvgIpc) is 3.24. The van der Waals surface area contributed by atoms with Crippen molar-refractivity contribution in [3.8, 4) is 0 Å². The van der Waals surface area contributed by atoms with Crippen LogP contribution in [-0.4, -0.2) is 35.2 Å². The van der Waals surface area contributed by atoms with Crippen molar-refractivity contribution in [1.82, 2.24) is 5.32 Å². The molecule has 3 aliphatic carbocycles. The second-order valence-corrected chi connectivity index (χ2v) is 10.0. The molecule has 1 amide bonds. The highest BCUT2D eigenvalue weighted by Crippen LogP contribution is 2.71. The molecular formula is C21H31NO4. The number of hydrogen-bond donors (Lipinski definition) is 1. The largest absolute Gasteiger partial charge is 0.462 e. The zero-order valence-corrected chi connectivity index (χ0v) is 16.2. The Balaban J connectivity index is 1.42. The van der Waals surface area contributed by atoms with Gasteiger partial charge in [-0.3, -0.25) is 9.59 Å². The van der Waals surface area contributed by atoms with Crippen molar-refractivity contribution < 1.29 is 19.1 Å². The molecular weight excluding hydrogens is 330 g/mol. The molecule has 1 spiro atoms. The number of carbonyl (C=O) groups excluding carboxylic acids is 2. The molecule has 2 unspecified atom stereocenters. The van der Waals surface area contributed by atoms with E-state index in [4.69, 9.17) is 9.47 Å².